The number of hydrogen-bond donors (Lipinski definition) is 0. The molecule has 0 heterocycles. The molecule has 0 radical (unpaired) electrons. The van der Waals surface area contributed by atoms with Gasteiger partial charge in [0.25, 0.3) is 0 Å². The minimum absolute atomic E-state index is 0.159. The third kappa shape index (κ3) is 1.76. The summed E-state index contributed by atoms with van der Waals surface area (Å²) in [5.41, 5.74) is 2.39. The molecule has 1 atom stereocenters. The first-order valence-corrected chi connectivity index (χ1v) is 5.76. The quantitative estimate of drug-likeness (QED) is 0.747. The molecule has 1 nitrogen and oxygen atoms in total. The lowest BCUT2D eigenvalue weighted by Gasteiger charge is -2.09. The van der Waals surface area contributed by atoms with E-state index in [0.717, 1.165) is 23.7 Å². The fraction of sp³-hybridized carbons (Fsp3) is 0.417. The van der Waals surface area contributed by atoms with Crippen molar-refractivity contribution >= 4 is 21.7 Å². The Bertz CT molecular complexity index is 371. The second-order valence-electron chi connectivity index (χ2n) is 3.92. The van der Waals surface area contributed by atoms with Gasteiger partial charge in [-0.3, -0.25) is 4.79 Å². The van der Waals surface area contributed by atoms with Crippen LogP contribution in [0, 0.1) is 6.92 Å². The van der Waals surface area contributed by atoms with Gasteiger partial charge in [-0.05, 0) is 37.0 Å². The van der Waals surface area contributed by atoms with Crippen molar-refractivity contribution < 1.29 is 4.79 Å². The first kappa shape index (κ1) is 9.91. The Kier molecular flexibility index (Phi) is 2.73. The highest BCUT2D eigenvalue weighted by Gasteiger charge is 2.25. The van der Waals surface area contributed by atoms with E-state index < -0.39 is 0 Å². The zero-order valence-electron chi connectivity index (χ0n) is 8.22. The van der Waals surface area contributed by atoms with E-state index in [9.17, 15) is 4.79 Å². The van der Waals surface area contributed by atoms with Gasteiger partial charge in [0.2, 0.25) is 0 Å². The molecule has 0 aliphatic heterocycles. The van der Waals surface area contributed by atoms with E-state index in [1.54, 1.807) is 0 Å². The largest absolute Gasteiger partial charge is 0.299 e. The second kappa shape index (κ2) is 3.85. The Morgan fingerprint density at radius 1 is 1.43 bits per heavy atom. The van der Waals surface area contributed by atoms with Crippen LogP contribution in [0.1, 0.15) is 36.3 Å². The lowest BCUT2D eigenvalue weighted by Crippen LogP contribution is -2.04. The van der Waals surface area contributed by atoms with Crippen molar-refractivity contribution in [2.45, 2.75) is 32.1 Å². The highest BCUT2D eigenvalue weighted by Crippen LogP contribution is 2.32. The van der Waals surface area contributed by atoms with Gasteiger partial charge in [0, 0.05) is 16.8 Å². The Morgan fingerprint density at radius 3 is 2.79 bits per heavy atom. The smallest absolute Gasteiger partial charge is 0.140 e. The maximum absolute atomic E-state index is 11.6. The van der Waals surface area contributed by atoms with E-state index in [1.807, 2.05) is 0 Å². The summed E-state index contributed by atoms with van der Waals surface area (Å²) in [4.78, 5) is 11.6. The van der Waals surface area contributed by atoms with E-state index in [2.05, 4.69) is 41.1 Å². The lowest BCUT2D eigenvalue weighted by atomic mass is 9.96. The van der Waals surface area contributed by atoms with Crippen LogP contribution in [0.25, 0.3) is 0 Å². The average Bonchev–Trinajstić information content (AvgIpc) is 2.57. The van der Waals surface area contributed by atoms with Crippen molar-refractivity contribution in [1.82, 2.24) is 0 Å². The normalized spacial score (nSPS) is 21.6. The van der Waals surface area contributed by atoms with Crippen LogP contribution in [0.15, 0.2) is 22.7 Å². The molecule has 2 heteroatoms. The average molecular weight is 253 g/mol. The van der Waals surface area contributed by atoms with Gasteiger partial charge in [0.1, 0.15) is 5.78 Å². The summed E-state index contributed by atoms with van der Waals surface area (Å²) >= 11 is 3.50. The molecule has 1 saturated carbocycles. The van der Waals surface area contributed by atoms with Crippen LogP contribution in [-0.4, -0.2) is 5.78 Å². The second-order valence-corrected chi connectivity index (χ2v) is 4.77. The third-order valence-electron chi connectivity index (χ3n) is 2.90. The standard InChI is InChI=1S/C12H13BrO/c1-8-5-6-9(7-11(8)13)10-3-2-4-12(10)14/h5-7,10H,2-4H2,1H3. The number of carbonyl (C=O) groups is 1. The maximum Gasteiger partial charge on any atom is 0.140 e. The minimum Gasteiger partial charge on any atom is -0.299 e. The molecule has 0 spiro atoms. The topological polar surface area (TPSA) is 17.1 Å². The molecule has 1 aliphatic rings. The maximum atomic E-state index is 11.6. The molecule has 0 amide bonds. The van der Waals surface area contributed by atoms with Gasteiger partial charge in [0.05, 0.1) is 0 Å². The summed E-state index contributed by atoms with van der Waals surface area (Å²) in [6, 6.07) is 6.24. The van der Waals surface area contributed by atoms with Gasteiger partial charge in [-0.2, -0.15) is 0 Å². The predicted molar refractivity (Wildman–Crippen MR) is 60.5 cm³/mol. The zero-order valence-corrected chi connectivity index (χ0v) is 9.80. The Hall–Kier alpha value is -0.630. The van der Waals surface area contributed by atoms with Crippen molar-refractivity contribution in [2.75, 3.05) is 0 Å². The summed E-state index contributed by atoms with van der Waals surface area (Å²) < 4.78 is 1.11. The van der Waals surface area contributed by atoms with Gasteiger partial charge >= 0.3 is 0 Å². The number of hydrogen-bond acceptors (Lipinski definition) is 1. The van der Waals surface area contributed by atoms with Crippen LogP contribution in [0.4, 0.5) is 0 Å². The van der Waals surface area contributed by atoms with Crippen molar-refractivity contribution in [3.63, 3.8) is 0 Å². The first-order chi connectivity index (χ1) is 6.68. The molecule has 1 aliphatic carbocycles. The van der Waals surface area contributed by atoms with Gasteiger partial charge in [-0.15, -0.1) is 0 Å². The first-order valence-electron chi connectivity index (χ1n) is 4.97. The molecule has 0 aromatic heterocycles. The molecule has 0 N–H and O–H groups in total. The van der Waals surface area contributed by atoms with Gasteiger partial charge in [-0.25, -0.2) is 0 Å². The number of Topliss-reactive ketones (excluding diaryl/α,β-unsaturated/α-hetero) is 1. The summed E-state index contributed by atoms with van der Waals surface area (Å²) in [6.07, 6.45) is 2.83. The fourth-order valence-electron chi connectivity index (χ4n) is 1.99. The number of ketones is 1. The Balaban J connectivity index is 2.32. The third-order valence-corrected chi connectivity index (χ3v) is 3.76. The molecule has 0 saturated heterocycles. The number of benzene rings is 1. The Labute approximate surface area is 92.6 Å². The summed E-state index contributed by atoms with van der Waals surface area (Å²) in [5.74, 6) is 0.563. The highest BCUT2D eigenvalue weighted by molar-refractivity contribution is 9.10. The van der Waals surface area contributed by atoms with Crippen molar-refractivity contribution in [2.24, 2.45) is 0 Å². The number of carbonyl (C=O) groups excluding carboxylic acids is 1. The molecule has 74 valence electrons. The molecular formula is C12H13BrO. The monoisotopic (exact) mass is 252 g/mol. The fourth-order valence-corrected chi connectivity index (χ4v) is 2.39. The van der Waals surface area contributed by atoms with E-state index in [1.165, 1.54) is 11.1 Å². The minimum atomic E-state index is 0.159. The van der Waals surface area contributed by atoms with E-state index in [4.69, 9.17) is 0 Å². The van der Waals surface area contributed by atoms with Gasteiger partial charge in [-0.1, -0.05) is 28.1 Å². The SMILES string of the molecule is Cc1ccc(C2CCCC2=O)cc1Br. The van der Waals surface area contributed by atoms with E-state index in [-0.39, 0.29) is 5.92 Å². The molecule has 1 unspecified atom stereocenters. The summed E-state index contributed by atoms with van der Waals surface area (Å²) in [6.45, 7) is 2.06. The van der Waals surface area contributed by atoms with E-state index in [0.29, 0.717) is 5.78 Å². The highest BCUT2D eigenvalue weighted by atomic mass is 79.9. The molecule has 0 bridgehead atoms. The molecule has 2 rings (SSSR count). The van der Waals surface area contributed by atoms with Crippen LogP contribution in [-0.2, 0) is 4.79 Å². The van der Waals surface area contributed by atoms with Crippen molar-refractivity contribution in [3.8, 4) is 0 Å². The van der Waals surface area contributed by atoms with Gasteiger partial charge < -0.3 is 0 Å². The van der Waals surface area contributed by atoms with Crippen LogP contribution in [0.5, 0.6) is 0 Å². The number of halogens is 1. The Morgan fingerprint density at radius 2 is 2.21 bits per heavy atom. The van der Waals surface area contributed by atoms with Crippen LogP contribution in [0.3, 0.4) is 0 Å². The number of aryl methyl sites for hydroxylation is 1. The molecule has 1 aromatic rings. The van der Waals surface area contributed by atoms with Crippen molar-refractivity contribution in [1.29, 1.82) is 0 Å². The van der Waals surface area contributed by atoms with E-state index >= 15 is 0 Å². The zero-order chi connectivity index (χ0) is 10.1. The summed E-state index contributed by atoms with van der Waals surface area (Å²) in [5, 5.41) is 0. The molecule has 1 fully saturated rings. The molecule has 14 heavy (non-hydrogen) atoms. The lowest BCUT2D eigenvalue weighted by molar-refractivity contribution is -0.118. The van der Waals surface area contributed by atoms with Crippen LogP contribution < -0.4 is 0 Å². The number of rotatable bonds is 1. The van der Waals surface area contributed by atoms with Crippen LogP contribution >= 0.6 is 15.9 Å². The predicted octanol–water partition coefficient (Wildman–Crippen LogP) is 3.59. The van der Waals surface area contributed by atoms with Crippen molar-refractivity contribution in [3.05, 3.63) is 33.8 Å². The van der Waals surface area contributed by atoms with Gasteiger partial charge in [0.15, 0.2) is 0 Å². The summed E-state index contributed by atoms with van der Waals surface area (Å²) in [7, 11) is 0. The molecule has 1 aromatic carbocycles. The van der Waals surface area contributed by atoms with Crippen LogP contribution in [0.2, 0.25) is 0 Å². The molecular weight excluding hydrogens is 240 g/mol.